The fourth-order valence-corrected chi connectivity index (χ4v) is 2.71. The van der Waals surface area contributed by atoms with Crippen molar-refractivity contribution in [2.75, 3.05) is 0 Å². The van der Waals surface area contributed by atoms with Crippen LogP contribution >= 0.6 is 15.9 Å². The zero-order chi connectivity index (χ0) is 18.4. The third-order valence-corrected chi connectivity index (χ3v) is 3.92. The van der Waals surface area contributed by atoms with Gasteiger partial charge in [0.15, 0.2) is 0 Å². The number of hydrogen-bond acceptors (Lipinski definition) is 3. The van der Waals surface area contributed by atoms with E-state index in [1.807, 2.05) is 52.0 Å². The van der Waals surface area contributed by atoms with E-state index < -0.39 is 0 Å². The maximum atomic E-state index is 12.3. The Morgan fingerprint density at radius 1 is 1.00 bits per heavy atom. The largest absolute Gasteiger partial charge is 0.491 e. The molecule has 0 radical (unpaired) electrons. The van der Waals surface area contributed by atoms with Crippen molar-refractivity contribution >= 4 is 21.8 Å². The van der Waals surface area contributed by atoms with Gasteiger partial charge in [0.25, 0.3) is 5.91 Å². The van der Waals surface area contributed by atoms with E-state index in [9.17, 15) is 4.79 Å². The maximum Gasteiger partial charge on any atom is 0.251 e. The highest BCUT2D eigenvalue weighted by molar-refractivity contribution is 9.10. The molecule has 0 bridgehead atoms. The van der Waals surface area contributed by atoms with Crippen LogP contribution in [0.3, 0.4) is 0 Å². The second-order valence-electron chi connectivity index (χ2n) is 6.31. The lowest BCUT2D eigenvalue weighted by Gasteiger charge is -2.13. The average molecular weight is 406 g/mol. The molecule has 0 spiro atoms. The summed E-state index contributed by atoms with van der Waals surface area (Å²) < 4.78 is 12.0. The van der Waals surface area contributed by atoms with Gasteiger partial charge in [-0.2, -0.15) is 0 Å². The zero-order valence-electron chi connectivity index (χ0n) is 15.0. The minimum Gasteiger partial charge on any atom is -0.491 e. The van der Waals surface area contributed by atoms with E-state index in [1.165, 1.54) is 0 Å². The molecule has 2 aromatic rings. The molecule has 0 atom stereocenters. The Morgan fingerprint density at radius 2 is 1.64 bits per heavy atom. The van der Waals surface area contributed by atoms with E-state index in [4.69, 9.17) is 9.47 Å². The first-order valence-corrected chi connectivity index (χ1v) is 9.14. The van der Waals surface area contributed by atoms with Gasteiger partial charge in [-0.25, -0.2) is 0 Å². The third kappa shape index (κ3) is 6.09. The van der Waals surface area contributed by atoms with Crippen molar-refractivity contribution in [2.24, 2.45) is 0 Å². The van der Waals surface area contributed by atoms with Gasteiger partial charge < -0.3 is 14.8 Å². The quantitative estimate of drug-likeness (QED) is 0.708. The van der Waals surface area contributed by atoms with Crippen LogP contribution in [-0.4, -0.2) is 18.1 Å². The van der Waals surface area contributed by atoms with Crippen molar-refractivity contribution in [1.82, 2.24) is 5.32 Å². The van der Waals surface area contributed by atoms with Crippen LogP contribution in [0.4, 0.5) is 0 Å². The van der Waals surface area contributed by atoms with Crippen molar-refractivity contribution < 1.29 is 14.3 Å². The lowest BCUT2D eigenvalue weighted by molar-refractivity contribution is 0.0951. The van der Waals surface area contributed by atoms with Gasteiger partial charge in [0.2, 0.25) is 0 Å². The topological polar surface area (TPSA) is 47.6 Å². The first-order chi connectivity index (χ1) is 11.8. The Morgan fingerprint density at radius 3 is 2.20 bits per heavy atom. The molecule has 0 heterocycles. The highest BCUT2D eigenvalue weighted by atomic mass is 79.9. The second-order valence-corrected chi connectivity index (χ2v) is 7.16. The van der Waals surface area contributed by atoms with Gasteiger partial charge in [-0.15, -0.1) is 0 Å². The van der Waals surface area contributed by atoms with Crippen LogP contribution in [0.5, 0.6) is 11.5 Å². The summed E-state index contributed by atoms with van der Waals surface area (Å²) in [5.74, 6) is 1.43. The van der Waals surface area contributed by atoms with Crippen molar-refractivity contribution in [3.8, 4) is 11.5 Å². The molecule has 1 amide bonds. The van der Waals surface area contributed by atoms with Gasteiger partial charge >= 0.3 is 0 Å². The molecule has 2 rings (SSSR count). The standard InChI is InChI=1S/C20H24BrNO3/c1-13(2)24-17-8-5-15(6-9-17)12-22-20(23)16-7-10-19(18(21)11-16)25-14(3)4/h5-11,13-14H,12H2,1-4H3,(H,22,23). The molecule has 0 fully saturated rings. The number of halogens is 1. The number of carbonyl (C=O) groups excluding carboxylic acids is 1. The fourth-order valence-electron chi connectivity index (χ4n) is 2.23. The molecule has 25 heavy (non-hydrogen) atoms. The highest BCUT2D eigenvalue weighted by Gasteiger charge is 2.10. The van der Waals surface area contributed by atoms with Crippen LogP contribution in [0.25, 0.3) is 0 Å². The van der Waals surface area contributed by atoms with E-state index in [1.54, 1.807) is 18.2 Å². The number of amides is 1. The van der Waals surface area contributed by atoms with E-state index in [-0.39, 0.29) is 18.1 Å². The average Bonchev–Trinajstić information content (AvgIpc) is 2.55. The van der Waals surface area contributed by atoms with Gasteiger partial charge in [-0.1, -0.05) is 12.1 Å². The molecule has 0 saturated carbocycles. The monoisotopic (exact) mass is 405 g/mol. The van der Waals surface area contributed by atoms with Gasteiger partial charge in [0.05, 0.1) is 16.7 Å². The molecule has 0 aromatic heterocycles. The Bertz CT molecular complexity index is 711. The molecular formula is C20H24BrNO3. The van der Waals surface area contributed by atoms with Gasteiger partial charge in [0, 0.05) is 12.1 Å². The molecule has 4 nitrogen and oxygen atoms in total. The molecule has 0 saturated heterocycles. The van der Waals surface area contributed by atoms with Crippen LogP contribution in [0.2, 0.25) is 0 Å². The van der Waals surface area contributed by atoms with Crippen LogP contribution in [0.1, 0.15) is 43.6 Å². The van der Waals surface area contributed by atoms with Crippen LogP contribution < -0.4 is 14.8 Å². The maximum absolute atomic E-state index is 12.3. The fraction of sp³-hybridized carbons (Fsp3) is 0.350. The number of rotatable bonds is 7. The van der Waals surface area contributed by atoms with Crippen molar-refractivity contribution in [1.29, 1.82) is 0 Å². The zero-order valence-corrected chi connectivity index (χ0v) is 16.6. The molecule has 134 valence electrons. The van der Waals surface area contributed by atoms with Crippen LogP contribution in [-0.2, 0) is 6.54 Å². The van der Waals surface area contributed by atoms with Crippen LogP contribution in [0, 0.1) is 0 Å². The smallest absolute Gasteiger partial charge is 0.251 e. The summed E-state index contributed by atoms with van der Waals surface area (Å²) >= 11 is 3.45. The lowest BCUT2D eigenvalue weighted by atomic mass is 10.2. The lowest BCUT2D eigenvalue weighted by Crippen LogP contribution is -2.22. The molecule has 0 aliphatic carbocycles. The molecule has 1 N–H and O–H groups in total. The van der Waals surface area contributed by atoms with Crippen LogP contribution in [0.15, 0.2) is 46.9 Å². The minimum atomic E-state index is -0.126. The summed E-state index contributed by atoms with van der Waals surface area (Å²) in [6.45, 7) is 8.37. The number of ether oxygens (including phenoxy) is 2. The molecule has 0 aliphatic rings. The van der Waals surface area contributed by atoms with Crippen molar-refractivity contribution in [2.45, 2.75) is 46.4 Å². The predicted octanol–water partition coefficient (Wildman–Crippen LogP) is 4.95. The summed E-state index contributed by atoms with van der Waals surface area (Å²) in [5, 5.41) is 2.92. The number of benzene rings is 2. The molecule has 0 aliphatic heterocycles. The van der Waals surface area contributed by atoms with Crippen molar-refractivity contribution in [3.63, 3.8) is 0 Å². The summed E-state index contributed by atoms with van der Waals surface area (Å²) in [7, 11) is 0. The SMILES string of the molecule is CC(C)Oc1ccc(CNC(=O)c2ccc(OC(C)C)c(Br)c2)cc1. The van der Waals surface area contributed by atoms with Gasteiger partial charge in [0.1, 0.15) is 11.5 Å². The first kappa shape index (κ1) is 19.3. The van der Waals surface area contributed by atoms with E-state index in [2.05, 4.69) is 21.2 Å². The molecule has 5 heteroatoms. The van der Waals surface area contributed by atoms with E-state index >= 15 is 0 Å². The van der Waals surface area contributed by atoms with Crippen molar-refractivity contribution in [3.05, 3.63) is 58.1 Å². The summed E-state index contributed by atoms with van der Waals surface area (Å²) in [6, 6.07) is 13.1. The number of hydrogen-bond donors (Lipinski definition) is 1. The number of nitrogens with one attached hydrogen (secondary N) is 1. The Balaban J connectivity index is 1.94. The summed E-state index contributed by atoms with van der Waals surface area (Å²) in [5.41, 5.74) is 1.60. The molecule has 2 aromatic carbocycles. The van der Waals surface area contributed by atoms with Gasteiger partial charge in [-0.05, 0) is 79.5 Å². The van der Waals surface area contributed by atoms with E-state index in [0.717, 1.165) is 21.5 Å². The molecular weight excluding hydrogens is 382 g/mol. The Kier molecular flexibility index (Phi) is 6.88. The Hall–Kier alpha value is -2.01. The van der Waals surface area contributed by atoms with Gasteiger partial charge in [-0.3, -0.25) is 4.79 Å². The molecule has 0 unspecified atom stereocenters. The first-order valence-electron chi connectivity index (χ1n) is 8.35. The van der Waals surface area contributed by atoms with E-state index in [0.29, 0.717) is 12.1 Å². The predicted molar refractivity (Wildman–Crippen MR) is 103 cm³/mol. The highest BCUT2D eigenvalue weighted by Crippen LogP contribution is 2.27. The number of carbonyl (C=O) groups is 1. The summed E-state index contributed by atoms with van der Waals surface area (Å²) in [4.78, 5) is 12.3. The minimum absolute atomic E-state index is 0.0821. The Labute approximate surface area is 157 Å². The summed E-state index contributed by atoms with van der Waals surface area (Å²) in [6.07, 6.45) is 0.227. The third-order valence-electron chi connectivity index (χ3n) is 3.30. The normalized spacial score (nSPS) is 10.8. The second kappa shape index (κ2) is 8.90.